The Morgan fingerprint density at radius 3 is 2.50 bits per heavy atom. The smallest absolute Gasteiger partial charge is 0.217 e. The third-order valence-electron chi connectivity index (χ3n) is 4.09. The van der Waals surface area contributed by atoms with Crippen molar-refractivity contribution < 1.29 is 4.74 Å². The van der Waals surface area contributed by atoms with Crippen LogP contribution in [0.1, 0.15) is 23.7 Å². The van der Waals surface area contributed by atoms with Crippen molar-refractivity contribution in [2.45, 2.75) is 12.5 Å². The molecular formula is C20H17NO. The minimum absolute atomic E-state index is 0.0904. The van der Waals surface area contributed by atoms with Gasteiger partial charge in [-0.05, 0) is 22.4 Å². The SMILES string of the molecule is c1ccc([C@H]2CCN=C(c3cccc4ccccc34)O2)cc1. The van der Waals surface area contributed by atoms with Gasteiger partial charge in [-0.15, -0.1) is 0 Å². The third kappa shape index (κ3) is 2.37. The second kappa shape index (κ2) is 5.64. The molecule has 22 heavy (non-hydrogen) atoms. The van der Waals surface area contributed by atoms with E-state index in [9.17, 15) is 0 Å². The molecule has 0 aromatic heterocycles. The Morgan fingerprint density at radius 2 is 1.59 bits per heavy atom. The van der Waals surface area contributed by atoms with Crippen molar-refractivity contribution in [2.75, 3.05) is 6.54 Å². The van der Waals surface area contributed by atoms with E-state index in [-0.39, 0.29) is 6.10 Å². The molecule has 1 aliphatic rings. The molecule has 0 aliphatic carbocycles. The predicted molar refractivity (Wildman–Crippen MR) is 90.2 cm³/mol. The fraction of sp³-hybridized carbons (Fsp3) is 0.150. The van der Waals surface area contributed by atoms with Gasteiger partial charge in [-0.3, -0.25) is 4.99 Å². The molecule has 0 saturated heterocycles. The van der Waals surface area contributed by atoms with Gasteiger partial charge in [-0.2, -0.15) is 0 Å². The molecule has 0 radical (unpaired) electrons. The summed E-state index contributed by atoms with van der Waals surface area (Å²) in [5.74, 6) is 0.761. The maximum absolute atomic E-state index is 6.22. The van der Waals surface area contributed by atoms with Gasteiger partial charge >= 0.3 is 0 Å². The molecule has 108 valence electrons. The Hall–Kier alpha value is -2.61. The highest BCUT2D eigenvalue weighted by atomic mass is 16.5. The summed E-state index contributed by atoms with van der Waals surface area (Å²) in [5.41, 5.74) is 2.30. The zero-order chi connectivity index (χ0) is 14.8. The van der Waals surface area contributed by atoms with Crippen LogP contribution in [-0.2, 0) is 4.74 Å². The lowest BCUT2D eigenvalue weighted by molar-refractivity contribution is 0.170. The molecule has 0 N–H and O–H groups in total. The molecular weight excluding hydrogens is 270 g/mol. The maximum Gasteiger partial charge on any atom is 0.217 e. The van der Waals surface area contributed by atoms with Crippen LogP contribution in [0.15, 0.2) is 77.8 Å². The van der Waals surface area contributed by atoms with Gasteiger partial charge in [0, 0.05) is 18.5 Å². The van der Waals surface area contributed by atoms with Crippen LogP contribution in [0.2, 0.25) is 0 Å². The van der Waals surface area contributed by atoms with Crippen molar-refractivity contribution in [3.63, 3.8) is 0 Å². The molecule has 1 atom stereocenters. The monoisotopic (exact) mass is 287 g/mol. The van der Waals surface area contributed by atoms with Gasteiger partial charge in [0.15, 0.2) is 0 Å². The lowest BCUT2D eigenvalue weighted by Crippen LogP contribution is -2.19. The van der Waals surface area contributed by atoms with E-state index in [0.717, 1.165) is 24.4 Å². The summed E-state index contributed by atoms with van der Waals surface area (Å²) >= 11 is 0. The van der Waals surface area contributed by atoms with E-state index >= 15 is 0 Å². The number of fused-ring (bicyclic) bond motifs is 1. The number of hydrogen-bond donors (Lipinski definition) is 0. The molecule has 2 nitrogen and oxygen atoms in total. The number of hydrogen-bond acceptors (Lipinski definition) is 2. The highest BCUT2D eigenvalue weighted by molar-refractivity contribution is 6.07. The summed E-state index contributed by atoms with van der Waals surface area (Å²) in [6.45, 7) is 0.804. The fourth-order valence-electron chi connectivity index (χ4n) is 2.98. The largest absolute Gasteiger partial charge is 0.469 e. The average Bonchev–Trinajstić information content (AvgIpc) is 2.62. The molecule has 0 bridgehead atoms. The van der Waals surface area contributed by atoms with Crippen LogP contribution in [0.25, 0.3) is 10.8 Å². The Balaban J connectivity index is 1.72. The Kier molecular flexibility index (Phi) is 3.36. The van der Waals surface area contributed by atoms with Gasteiger partial charge in [0.2, 0.25) is 5.90 Å². The van der Waals surface area contributed by atoms with Crippen LogP contribution in [0.3, 0.4) is 0 Å². The Labute approximate surface area is 130 Å². The first-order valence-corrected chi connectivity index (χ1v) is 7.66. The quantitative estimate of drug-likeness (QED) is 0.666. The zero-order valence-electron chi connectivity index (χ0n) is 12.3. The molecule has 0 fully saturated rings. The van der Waals surface area contributed by atoms with E-state index in [1.165, 1.54) is 16.3 Å². The molecule has 1 aliphatic heterocycles. The first-order chi connectivity index (χ1) is 10.9. The molecule has 3 aromatic rings. The Morgan fingerprint density at radius 1 is 0.818 bits per heavy atom. The highest BCUT2D eigenvalue weighted by Crippen LogP contribution is 2.28. The molecule has 0 amide bonds. The number of benzene rings is 3. The van der Waals surface area contributed by atoms with E-state index in [4.69, 9.17) is 4.74 Å². The van der Waals surface area contributed by atoms with Crippen LogP contribution in [0.5, 0.6) is 0 Å². The topological polar surface area (TPSA) is 21.6 Å². The lowest BCUT2D eigenvalue weighted by Gasteiger charge is -2.24. The van der Waals surface area contributed by atoms with Gasteiger partial charge in [0.25, 0.3) is 0 Å². The molecule has 0 saturated carbocycles. The van der Waals surface area contributed by atoms with E-state index in [1.54, 1.807) is 0 Å². The molecule has 0 spiro atoms. The molecule has 4 rings (SSSR count). The van der Waals surface area contributed by atoms with Crippen LogP contribution in [0, 0.1) is 0 Å². The van der Waals surface area contributed by atoms with Gasteiger partial charge in [0.1, 0.15) is 6.10 Å². The Bertz CT molecular complexity index is 818. The second-order valence-corrected chi connectivity index (χ2v) is 5.52. The van der Waals surface area contributed by atoms with E-state index in [0.29, 0.717) is 0 Å². The van der Waals surface area contributed by atoms with Gasteiger partial charge in [-0.1, -0.05) is 66.7 Å². The molecule has 3 aromatic carbocycles. The van der Waals surface area contributed by atoms with E-state index in [2.05, 4.69) is 71.7 Å². The predicted octanol–water partition coefficient (Wildman–Crippen LogP) is 4.75. The summed E-state index contributed by atoms with van der Waals surface area (Å²) < 4.78 is 6.22. The minimum atomic E-state index is 0.0904. The first kappa shape index (κ1) is 13.1. The highest BCUT2D eigenvalue weighted by Gasteiger charge is 2.21. The van der Waals surface area contributed by atoms with Crippen LogP contribution < -0.4 is 0 Å². The lowest BCUT2D eigenvalue weighted by atomic mass is 10.0. The number of ether oxygens (including phenoxy) is 1. The van der Waals surface area contributed by atoms with Crippen molar-refractivity contribution in [1.82, 2.24) is 0 Å². The van der Waals surface area contributed by atoms with Crippen LogP contribution in [0.4, 0.5) is 0 Å². The summed E-state index contributed by atoms with van der Waals surface area (Å²) in [6, 6.07) is 25.0. The number of aliphatic imine (C=N–C) groups is 1. The van der Waals surface area contributed by atoms with Crippen molar-refractivity contribution in [3.8, 4) is 0 Å². The van der Waals surface area contributed by atoms with Crippen LogP contribution in [-0.4, -0.2) is 12.4 Å². The first-order valence-electron chi connectivity index (χ1n) is 7.66. The van der Waals surface area contributed by atoms with Gasteiger partial charge in [0.05, 0.1) is 0 Å². The standard InChI is InChI=1S/C20H17NO/c1-2-8-16(9-3-1)19-13-14-21-20(22-19)18-12-6-10-15-7-4-5-11-17(15)18/h1-12,19H,13-14H2/t19-/m1/s1. The molecule has 1 heterocycles. The van der Waals surface area contributed by atoms with Crippen molar-refractivity contribution in [2.24, 2.45) is 4.99 Å². The number of rotatable bonds is 2. The zero-order valence-corrected chi connectivity index (χ0v) is 12.3. The van der Waals surface area contributed by atoms with Crippen LogP contribution >= 0.6 is 0 Å². The second-order valence-electron chi connectivity index (χ2n) is 5.52. The summed E-state index contributed by atoms with van der Waals surface area (Å²) in [5, 5.41) is 2.41. The van der Waals surface area contributed by atoms with E-state index < -0.39 is 0 Å². The van der Waals surface area contributed by atoms with Gasteiger partial charge in [-0.25, -0.2) is 0 Å². The van der Waals surface area contributed by atoms with Crippen molar-refractivity contribution in [3.05, 3.63) is 83.9 Å². The van der Waals surface area contributed by atoms with E-state index in [1.807, 2.05) is 6.07 Å². The maximum atomic E-state index is 6.22. The molecule has 0 unspecified atom stereocenters. The van der Waals surface area contributed by atoms with Gasteiger partial charge < -0.3 is 4.74 Å². The normalized spacial score (nSPS) is 17.8. The summed E-state index contributed by atoms with van der Waals surface area (Å²) in [4.78, 5) is 4.62. The van der Waals surface area contributed by atoms with Crippen molar-refractivity contribution in [1.29, 1.82) is 0 Å². The molecule has 2 heteroatoms. The fourth-order valence-corrected chi connectivity index (χ4v) is 2.98. The minimum Gasteiger partial charge on any atom is -0.469 e. The summed E-state index contributed by atoms with van der Waals surface area (Å²) in [7, 11) is 0. The third-order valence-corrected chi connectivity index (χ3v) is 4.09. The summed E-state index contributed by atoms with van der Waals surface area (Å²) in [6.07, 6.45) is 1.02. The number of nitrogens with zero attached hydrogens (tertiary/aromatic N) is 1. The average molecular weight is 287 g/mol. The van der Waals surface area contributed by atoms with Crippen molar-refractivity contribution >= 4 is 16.7 Å².